The Morgan fingerprint density at radius 1 is 0.785 bits per heavy atom. The molecular formula is C79H94N4O10. The second kappa shape index (κ2) is 28.5. The van der Waals surface area contributed by atoms with Crippen LogP contribution in [0.1, 0.15) is 159 Å². The van der Waals surface area contributed by atoms with E-state index in [0.717, 1.165) is 94.5 Å². The lowest BCUT2D eigenvalue weighted by atomic mass is 9.62. The number of phenols is 3. The van der Waals surface area contributed by atoms with Gasteiger partial charge in [-0.2, -0.15) is 0 Å². The number of benzene rings is 5. The number of anilines is 1. The number of methoxy groups -OCH3 is 1. The van der Waals surface area contributed by atoms with Gasteiger partial charge in [0, 0.05) is 85.2 Å². The van der Waals surface area contributed by atoms with Crippen LogP contribution in [0.5, 0.6) is 23.0 Å². The summed E-state index contributed by atoms with van der Waals surface area (Å²) < 4.78 is 5.72. The highest BCUT2D eigenvalue weighted by Gasteiger charge is 2.51. The Morgan fingerprint density at radius 2 is 1.59 bits per heavy atom. The third-order valence-corrected chi connectivity index (χ3v) is 22.3. The number of phenolic OH excluding ortho intramolecular Hbond substituents is 2. The predicted molar refractivity (Wildman–Crippen MR) is 364 cm³/mol. The first kappa shape index (κ1) is 65.4. The van der Waals surface area contributed by atoms with Gasteiger partial charge in [-0.15, -0.1) is 0 Å². The molecule has 1 spiro atoms. The first-order valence-corrected chi connectivity index (χ1v) is 34.3. The van der Waals surface area contributed by atoms with Crippen LogP contribution in [-0.4, -0.2) is 97.4 Å². The van der Waals surface area contributed by atoms with Crippen molar-refractivity contribution in [1.29, 1.82) is 0 Å². The van der Waals surface area contributed by atoms with E-state index in [4.69, 9.17) is 4.74 Å². The van der Waals surface area contributed by atoms with E-state index < -0.39 is 47.6 Å². The molecule has 6 aliphatic rings. The number of aryl methyl sites for hydroxylation is 1. The topological polar surface area (TPSA) is 237 Å². The van der Waals surface area contributed by atoms with Gasteiger partial charge in [0.2, 0.25) is 0 Å². The van der Waals surface area contributed by atoms with Gasteiger partial charge in [-0.25, -0.2) is 0 Å². The lowest BCUT2D eigenvalue weighted by Crippen LogP contribution is -2.40. The Labute approximate surface area is 547 Å². The van der Waals surface area contributed by atoms with Crippen LogP contribution in [0.2, 0.25) is 0 Å². The first-order chi connectivity index (χ1) is 45.0. The standard InChI is InChI=1S/C79H94N4O10/c1-5-11-63-55-33-58(79(27-8-9-28-79)57-26-29-81-75(38-57)83-59-23-20-48-16-19-54(76(90)68(48)39-59)35-61(85)44-80-42-47(3)56-34-60(82-43-56)40-72(63)88)32-52-21-24-65(66-41-73(89)74(93-4)37-53(66)22-25-71(87)78(92)77(91)67(52)36-55)64-14-7-6-13-62(64)51-18-17-49(46(2)30-51)31-50-12-10-15-70(86)69(50)45-84/h6-7,10,12-20,23,26,34,37-39,41,43,46-47,49,51-52,55,58,61,63,65,67,72,78,80-86,88-90,92H,5,8-9,11,22,25,27-33,35-36,40,42,44-45H2,1-4H3. The van der Waals surface area contributed by atoms with Crippen molar-refractivity contribution >= 4 is 28.0 Å². The number of aliphatic hydroxyl groups is 4. The molecule has 0 amide bonds. The number of ether oxygens (including phenoxy) is 1. The Hall–Kier alpha value is -7.64. The fourth-order valence-corrected chi connectivity index (χ4v) is 17.2. The highest BCUT2D eigenvalue weighted by molar-refractivity contribution is 6.06. The van der Waals surface area contributed by atoms with Gasteiger partial charge in [0.25, 0.3) is 0 Å². The van der Waals surface area contributed by atoms with Crippen molar-refractivity contribution in [3.63, 3.8) is 0 Å². The van der Waals surface area contributed by atoms with Gasteiger partial charge in [-0.3, -0.25) is 9.59 Å². The molecular weight excluding hydrogens is 1160 g/mol. The van der Waals surface area contributed by atoms with Crippen molar-refractivity contribution in [1.82, 2.24) is 15.6 Å². The molecule has 11 N–H and O–H groups in total. The van der Waals surface area contributed by atoms with Gasteiger partial charge in [-0.1, -0.05) is 125 Å². The smallest absolute Gasteiger partial charge is 0.173 e. The van der Waals surface area contributed by atoms with Crippen molar-refractivity contribution in [3.8, 4) is 34.8 Å². The third-order valence-electron chi connectivity index (χ3n) is 22.3. The van der Waals surface area contributed by atoms with Gasteiger partial charge in [-0.05, 0) is 191 Å². The SMILES string of the molecule is CCCC1C(O)Cc2cc(c[nH]2)C(C)CNCC(O)Cc2ccc3ccc(cc3c2O)NC2=CC(=CCN2)C2(CCCC2)C2CC3C#CC(c4ccccc4C4C=CC(Cc5cccc(O)c5CO)C(C)C4)c4cc(O)c(OC)cc4CCC(=O)C(O)C(=O)C3CC1C2. The molecule has 3 heterocycles. The second-order valence-electron chi connectivity index (χ2n) is 28.1. The van der Waals surface area contributed by atoms with E-state index >= 15 is 4.79 Å². The summed E-state index contributed by atoms with van der Waals surface area (Å²) in [4.78, 5) is 33.9. The Kier molecular flexibility index (Phi) is 20.1. The minimum absolute atomic E-state index is 0.0227. The molecule has 2 aliphatic heterocycles. The van der Waals surface area contributed by atoms with Gasteiger partial charge >= 0.3 is 0 Å². The average molecular weight is 1260 g/mol. The molecule has 490 valence electrons. The van der Waals surface area contributed by atoms with Crippen LogP contribution < -0.4 is 20.7 Å². The molecule has 5 aromatic carbocycles. The van der Waals surface area contributed by atoms with Crippen LogP contribution in [0.15, 0.2) is 133 Å². The molecule has 12 rings (SSSR count). The highest BCUT2D eigenvalue weighted by Crippen LogP contribution is 2.58. The number of carbonyl (C=O) groups excluding carboxylic acids is 2. The van der Waals surface area contributed by atoms with Gasteiger partial charge in [0.1, 0.15) is 17.3 Å². The number of hydrogen-bond donors (Lipinski definition) is 11. The zero-order valence-electron chi connectivity index (χ0n) is 54.3. The Balaban J connectivity index is 0.993. The number of fused-ring (bicyclic) bond motifs is 11. The zero-order chi connectivity index (χ0) is 65.1. The number of Topliss-reactive ketones (excluding diaryl/α,β-unsaturated/α-hetero) is 2. The van der Waals surface area contributed by atoms with Crippen LogP contribution >= 0.6 is 0 Å². The number of aromatic nitrogens is 1. The number of aromatic amines is 1. The van der Waals surface area contributed by atoms with E-state index in [1.165, 1.54) is 12.7 Å². The number of allylic oxidation sites excluding steroid dienone is 4. The molecule has 13 atom stereocenters. The van der Waals surface area contributed by atoms with Crippen molar-refractivity contribution in [3.05, 3.63) is 183 Å². The number of nitrogens with one attached hydrogen (secondary N) is 4. The minimum atomic E-state index is -1.89. The summed E-state index contributed by atoms with van der Waals surface area (Å²) in [5, 5.41) is 93.3. The second-order valence-corrected chi connectivity index (χ2v) is 28.1. The molecule has 6 aromatic rings. The Morgan fingerprint density at radius 3 is 2.38 bits per heavy atom. The quantitative estimate of drug-likeness (QED) is 0.0387. The van der Waals surface area contributed by atoms with Crippen LogP contribution in [0.25, 0.3) is 10.8 Å². The molecule has 0 radical (unpaired) electrons. The molecule has 14 nitrogen and oxygen atoms in total. The maximum Gasteiger partial charge on any atom is 0.173 e. The number of aromatic hydroxyl groups is 3. The largest absolute Gasteiger partial charge is 0.508 e. The minimum Gasteiger partial charge on any atom is -0.508 e. The molecule has 13 unspecified atom stereocenters. The molecule has 1 aromatic heterocycles. The third kappa shape index (κ3) is 13.8. The molecule has 4 aliphatic carbocycles. The average Bonchev–Trinajstić information content (AvgIpc) is 1.66. The summed E-state index contributed by atoms with van der Waals surface area (Å²) in [7, 11) is 1.49. The van der Waals surface area contributed by atoms with Crippen LogP contribution in [0.4, 0.5) is 5.69 Å². The van der Waals surface area contributed by atoms with Crippen molar-refractivity contribution < 1.29 is 50.1 Å². The summed E-state index contributed by atoms with van der Waals surface area (Å²) in [6.07, 6.45) is 16.6. The predicted octanol–water partition coefficient (Wildman–Crippen LogP) is 12.2. The maximum absolute atomic E-state index is 15.7. The fraction of sp³-hybridized carbons (Fsp3) is 0.468. The van der Waals surface area contributed by atoms with E-state index in [2.05, 4.69) is 102 Å². The molecule has 9 bridgehead atoms. The maximum atomic E-state index is 15.7. The number of aliphatic hydroxyl groups excluding tert-OH is 4. The van der Waals surface area contributed by atoms with Crippen molar-refractivity contribution in [2.24, 2.45) is 46.8 Å². The normalized spacial score (nSPS) is 28.5. The lowest BCUT2D eigenvalue weighted by molar-refractivity contribution is -0.142. The number of β-amino-alcohol motifs (C(OH)–C–C–N with tert-alkyl or cyclic N) is 1. The summed E-state index contributed by atoms with van der Waals surface area (Å²) in [5.41, 5.74) is 9.18. The van der Waals surface area contributed by atoms with E-state index in [9.17, 15) is 40.5 Å². The summed E-state index contributed by atoms with van der Waals surface area (Å²) in [6.45, 7) is 7.77. The van der Waals surface area contributed by atoms with E-state index in [1.54, 1.807) is 18.2 Å². The zero-order valence-corrected chi connectivity index (χ0v) is 54.3. The number of rotatable bonds is 8. The molecule has 2 fully saturated rings. The number of dihydropyridines is 1. The molecule has 93 heavy (non-hydrogen) atoms. The molecule has 0 saturated heterocycles. The van der Waals surface area contributed by atoms with E-state index in [-0.39, 0.29) is 95.7 Å². The Bertz CT molecular complexity index is 3860. The summed E-state index contributed by atoms with van der Waals surface area (Å²) in [6, 6.07) is 29.3. The van der Waals surface area contributed by atoms with Crippen LogP contribution in [0, 0.1) is 58.7 Å². The van der Waals surface area contributed by atoms with Crippen molar-refractivity contribution in [2.75, 3.05) is 32.1 Å². The van der Waals surface area contributed by atoms with Crippen LogP contribution in [0.3, 0.4) is 0 Å². The van der Waals surface area contributed by atoms with Crippen LogP contribution in [-0.2, 0) is 41.9 Å². The van der Waals surface area contributed by atoms with Gasteiger partial charge in [0.05, 0.1) is 31.8 Å². The van der Waals surface area contributed by atoms with Gasteiger partial charge < -0.3 is 61.4 Å². The fourth-order valence-electron chi connectivity index (χ4n) is 17.2. The van der Waals surface area contributed by atoms with E-state index in [0.29, 0.717) is 74.7 Å². The summed E-state index contributed by atoms with van der Waals surface area (Å²) in [5.74, 6) is 5.67. The lowest BCUT2D eigenvalue weighted by Gasteiger charge is -2.43. The molecule has 2 saturated carbocycles. The van der Waals surface area contributed by atoms with Gasteiger partial charge in [0.15, 0.2) is 29.2 Å². The number of H-pyrrole nitrogens is 1. The summed E-state index contributed by atoms with van der Waals surface area (Å²) >= 11 is 0. The first-order valence-electron chi connectivity index (χ1n) is 34.3. The monoisotopic (exact) mass is 1260 g/mol. The van der Waals surface area contributed by atoms with Crippen molar-refractivity contribution in [2.45, 2.75) is 160 Å². The molecule has 14 heteroatoms. The number of carbonyl (C=O) groups is 2. The number of ketones is 2. The highest BCUT2D eigenvalue weighted by atomic mass is 16.5. The van der Waals surface area contributed by atoms with E-state index in [1.807, 2.05) is 54.7 Å². The number of hydrogen-bond acceptors (Lipinski definition) is 13.